The van der Waals surface area contributed by atoms with E-state index in [9.17, 15) is 19.8 Å². The number of nitrogens with zero attached hydrogens (tertiary/aromatic N) is 4. The van der Waals surface area contributed by atoms with Crippen molar-refractivity contribution in [2.75, 3.05) is 29.2 Å². The number of nitrogen functional groups attached to an aromatic ring is 1. The predicted molar refractivity (Wildman–Crippen MR) is 81.4 cm³/mol. The highest BCUT2D eigenvalue weighted by atomic mass is 16.3. The first-order chi connectivity index (χ1) is 10.2. The summed E-state index contributed by atoms with van der Waals surface area (Å²) in [5, 5.41) is 19.4. The summed E-state index contributed by atoms with van der Waals surface area (Å²) in [6.07, 6.45) is -2.70. The van der Waals surface area contributed by atoms with Crippen molar-refractivity contribution in [2.24, 2.45) is 5.92 Å². The molecule has 9 nitrogen and oxygen atoms in total. The van der Waals surface area contributed by atoms with Gasteiger partial charge in [-0.1, -0.05) is 13.8 Å². The molecule has 0 aromatic carbocycles. The van der Waals surface area contributed by atoms with E-state index in [-0.39, 0.29) is 35.9 Å². The van der Waals surface area contributed by atoms with E-state index in [0.717, 1.165) is 4.57 Å². The highest BCUT2D eigenvalue weighted by molar-refractivity contribution is 5.99. The van der Waals surface area contributed by atoms with Gasteiger partial charge in [0.15, 0.2) is 12.0 Å². The molecule has 2 heterocycles. The van der Waals surface area contributed by atoms with E-state index < -0.39 is 17.9 Å². The Labute approximate surface area is 127 Å². The molecular formula is C13H21N5O4. The van der Waals surface area contributed by atoms with Crippen LogP contribution in [0.2, 0.25) is 0 Å². The molecule has 0 spiro atoms. The van der Waals surface area contributed by atoms with Crippen molar-refractivity contribution in [3.8, 4) is 0 Å². The van der Waals surface area contributed by atoms with Gasteiger partial charge in [0.05, 0.1) is 12.8 Å². The van der Waals surface area contributed by atoms with Crippen LogP contribution in [0.25, 0.3) is 0 Å². The zero-order valence-corrected chi connectivity index (χ0v) is 13.0. The quantitative estimate of drug-likeness (QED) is 0.660. The van der Waals surface area contributed by atoms with E-state index in [4.69, 9.17) is 5.73 Å². The van der Waals surface area contributed by atoms with Crippen molar-refractivity contribution in [3.05, 3.63) is 10.4 Å². The smallest absolute Gasteiger partial charge is 0.283 e. The van der Waals surface area contributed by atoms with Gasteiger partial charge in [-0.05, 0) is 6.92 Å². The van der Waals surface area contributed by atoms with Gasteiger partial charge in [0.1, 0.15) is 5.69 Å². The number of carbonyl (C=O) groups excluding carboxylic acids is 1. The minimum atomic E-state index is -1.51. The normalized spacial score (nSPS) is 16.9. The van der Waals surface area contributed by atoms with Crippen LogP contribution in [-0.4, -0.2) is 45.5 Å². The number of aliphatic hydroxyl groups excluding tert-OH is 2. The average Bonchev–Trinajstić information content (AvgIpc) is 2.74. The molecule has 0 aliphatic carbocycles. The minimum Gasteiger partial charge on any atom is -0.389 e. The fourth-order valence-corrected chi connectivity index (χ4v) is 2.36. The minimum absolute atomic E-state index is 0.169. The van der Waals surface area contributed by atoms with Crippen LogP contribution < -0.4 is 21.1 Å². The van der Waals surface area contributed by atoms with Crippen molar-refractivity contribution in [1.82, 2.24) is 9.55 Å². The van der Waals surface area contributed by atoms with E-state index in [1.807, 2.05) is 0 Å². The molecule has 2 rings (SSSR count). The Morgan fingerprint density at radius 1 is 1.32 bits per heavy atom. The summed E-state index contributed by atoms with van der Waals surface area (Å²) in [6.45, 7) is 5.02. The molecule has 122 valence electrons. The maximum Gasteiger partial charge on any atom is 0.283 e. The Balaban J connectivity index is 2.61. The predicted octanol–water partition coefficient (Wildman–Crippen LogP) is -0.906. The monoisotopic (exact) mass is 311 g/mol. The number of aromatic nitrogens is 2. The van der Waals surface area contributed by atoms with Crippen molar-refractivity contribution in [1.29, 1.82) is 0 Å². The number of rotatable bonds is 3. The van der Waals surface area contributed by atoms with Gasteiger partial charge < -0.3 is 20.8 Å². The fraction of sp³-hybridized carbons (Fsp3) is 0.615. The van der Waals surface area contributed by atoms with E-state index in [0.29, 0.717) is 0 Å². The first-order valence-electron chi connectivity index (χ1n) is 6.97. The Bertz CT molecular complexity index is 655. The molecule has 1 aliphatic heterocycles. The molecule has 1 aromatic rings. The molecule has 2 unspecified atom stereocenters. The third kappa shape index (κ3) is 2.42. The van der Waals surface area contributed by atoms with Crippen molar-refractivity contribution < 1.29 is 15.0 Å². The van der Waals surface area contributed by atoms with E-state index in [1.54, 1.807) is 25.8 Å². The van der Waals surface area contributed by atoms with Gasteiger partial charge in [0, 0.05) is 13.0 Å². The molecule has 1 aliphatic rings. The van der Waals surface area contributed by atoms with Gasteiger partial charge in [-0.3, -0.25) is 14.5 Å². The van der Waals surface area contributed by atoms with Gasteiger partial charge in [-0.25, -0.2) is 4.57 Å². The molecule has 1 aromatic heterocycles. The van der Waals surface area contributed by atoms with Crippen LogP contribution in [0.5, 0.6) is 0 Å². The molecule has 22 heavy (non-hydrogen) atoms. The Hall–Kier alpha value is -2.13. The summed E-state index contributed by atoms with van der Waals surface area (Å²) in [5.74, 6) is -0.509. The second-order valence-electron chi connectivity index (χ2n) is 5.73. The van der Waals surface area contributed by atoms with Crippen LogP contribution in [0.3, 0.4) is 0 Å². The fourth-order valence-electron chi connectivity index (χ4n) is 2.36. The summed E-state index contributed by atoms with van der Waals surface area (Å²) in [7, 11) is 1.64. The first-order valence-corrected chi connectivity index (χ1v) is 6.97. The molecule has 0 fully saturated rings. The van der Waals surface area contributed by atoms with Crippen LogP contribution in [-0.2, 0) is 4.79 Å². The molecule has 0 radical (unpaired) electrons. The van der Waals surface area contributed by atoms with E-state index >= 15 is 0 Å². The maximum absolute atomic E-state index is 12.6. The maximum atomic E-state index is 12.6. The van der Waals surface area contributed by atoms with Crippen LogP contribution in [0.4, 0.5) is 17.5 Å². The Morgan fingerprint density at radius 3 is 2.41 bits per heavy atom. The SMILES string of the molecule is CC(C)C(=O)N1CN(C)c2c1nc(N)n(C(O)C(C)O)c2=O. The summed E-state index contributed by atoms with van der Waals surface area (Å²) < 4.78 is 0.823. The molecule has 9 heteroatoms. The molecule has 4 N–H and O–H groups in total. The molecule has 2 atom stereocenters. The third-order valence-electron chi connectivity index (χ3n) is 3.55. The number of anilines is 3. The van der Waals surface area contributed by atoms with Crippen LogP contribution in [0.1, 0.15) is 27.0 Å². The lowest BCUT2D eigenvalue weighted by molar-refractivity contribution is -0.121. The summed E-state index contributed by atoms with van der Waals surface area (Å²) in [5.41, 5.74) is 5.31. The van der Waals surface area contributed by atoms with Crippen molar-refractivity contribution >= 4 is 23.4 Å². The lowest BCUT2D eigenvalue weighted by Gasteiger charge is -2.20. The van der Waals surface area contributed by atoms with E-state index in [2.05, 4.69) is 4.98 Å². The largest absolute Gasteiger partial charge is 0.389 e. The van der Waals surface area contributed by atoms with Gasteiger partial charge >= 0.3 is 0 Å². The number of nitrogens with two attached hydrogens (primary N) is 1. The summed E-state index contributed by atoms with van der Waals surface area (Å²) in [6, 6.07) is 0. The lowest BCUT2D eigenvalue weighted by Crippen LogP contribution is -2.36. The molecule has 0 saturated heterocycles. The number of fused-ring (bicyclic) bond motifs is 1. The van der Waals surface area contributed by atoms with Crippen molar-refractivity contribution in [2.45, 2.75) is 33.1 Å². The second-order valence-corrected chi connectivity index (χ2v) is 5.73. The lowest BCUT2D eigenvalue weighted by atomic mass is 10.2. The summed E-state index contributed by atoms with van der Waals surface area (Å²) >= 11 is 0. The molecular weight excluding hydrogens is 290 g/mol. The van der Waals surface area contributed by atoms with E-state index in [1.165, 1.54) is 11.8 Å². The number of aliphatic hydroxyl groups is 2. The average molecular weight is 311 g/mol. The third-order valence-corrected chi connectivity index (χ3v) is 3.55. The number of hydrogen-bond donors (Lipinski definition) is 3. The van der Waals surface area contributed by atoms with Gasteiger partial charge in [-0.2, -0.15) is 4.98 Å². The Morgan fingerprint density at radius 2 is 1.91 bits per heavy atom. The zero-order chi connectivity index (χ0) is 16.8. The zero-order valence-electron chi connectivity index (χ0n) is 13.0. The topological polar surface area (TPSA) is 125 Å². The van der Waals surface area contributed by atoms with Crippen molar-refractivity contribution in [3.63, 3.8) is 0 Å². The molecule has 1 amide bonds. The Kier molecular flexibility index (Phi) is 4.12. The van der Waals surface area contributed by atoms with Gasteiger partial charge in [-0.15, -0.1) is 0 Å². The van der Waals surface area contributed by atoms with Gasteiger partial charge in [0.25, 0.3) is 5.56 Å². The van der Waals surface area contributed by atoms with Crippen LogP contribution in [0, 0.1) is 5.92 Å². The number of carbonyl (C=O) groups is 1. The van der Waals surface area contributed by atoms with Gasteiger partial charge in [0.2, 0.25) is 11.9 Å². The van der Waals surface area contributed by atoms with Crippen LogP contribution in [0.15, 0.2) is 4.79 Å². The number of hydrogen-bond acceptors (Lipinski definition) is 7. The summed E-state index contributed by atoms with van der Waals surface area (Å²) in [4.78, 5) is 31.8. The molecule has 0 bridgehead atoms. The molecule has 0 saturated carbocycles. The first kappa shape index (κ1) is 16.2. The second kappa shape index (κ2) is 5.58. The highest BCUT2D eigenvalue weighted by Crippen LogP contribution is 2.32. The number of amides is 1. The highest BCUT2D eigenvalue weighted by Gasteiger charge is 2.35. The standard InChI is InChI=1S/C13H21N5O4/c1-6(2)10(20)17-5-16(4)8-9(17)15-13(14)18(12(8)22)11(21)7(3)19/h6-7,11,19,21H,5H2,1-4H3,(H2,14,15). The van der Waals surface area contributed by atoms with Crippen LogP contribution >= 0.6 is 0 Å².